The highest BCUT2D eigenvalue weighted by molar-refractivity contribution is 5.94. The molecule has 2 N–H and O–H groups in total. The molecule has 0 aromatic heterocycles. The maximum Gasteiger partial charge on any atom is 0.321 e. The van der Waals surface area contributed by atoms with E-state index in [1.54, 1.807) is 0 Å². The zero-order chi connectivity index (χ0) is 15.9. The third kappa shape index (κ3) is 4.56. The van der Waals surface area contributed by atoms with Crippen molar-refractivity contribution in [1.29, 1.82) is 0 Å². The fourth-order valence-electron chi connectivity index (χ4n) is 2.81. The molecule has 5 heteroatoms. The van der Waals surface area contributed by atoms with Crippen molar-refractivity contribution in [1.82, 2.24) is 4.90 Å². The number of anilines is 1. The molecule has 0 bridgehead atoms. The highest BCUT2D eigenvalue weighted by Gasteiger charge is 2.29. The van der Waals surface area contributed by atoms with Crippen LogP contribution in [0.5, 0.6) is 0 Å². The van der Waals surface area contributed by atoms with Crippen molar-refractivity contribution < 1.29 is 14.7 Å². The number of aliphatic carboxylic acids is 1. The first-order valence-electron chi connectivity index (χ1n) is 7.96. The Kier molecular flexibility index (Phi) is 5.95. The summed E-state index contributed by atoms with van der Waals surface area (Å²) < 4.78 is 0. The second-order valence-corrected chi connectivity index (χ2v) is 5.75. The summed E-state index contributed by atoms with van der Waals surface area (Å²) >= 11 is 0. The van der Waals surface area contributed by atoms with Crippen LogP contribution >= 0.6 is 0 Å². The molecule has 1 amide bonds. The molecule has 5 nitrogen and oxygen atoms in total. The molecule has 1 saturated heterocycles. The Morgan fingerprint density at radius 2 is 1.82 bits per heavy atom. The molecular weight excluding hydrogens is 280 g/mol. The van der Waals surface area contributed by atoms with Crippen molar-refractivity contribution >= 4 is 17.6 Å². The maximum atomic E-state index is 12.1. The Labute approximate surface area is 131 Å². The number of carbonyl (C=O) groups is 2. The average Bonchev–Trinajstić information content (AvgIpc) is 2.54. The molecule has 0 aliphatic carbocycles. The van der Waals surface area contributed by atoms with E-state index in [0.29, 0.717) is 5.69 Å². The van der Waals surface area contributed by atoms with E-state index in [1.807, 2.05) is 29.2 Å². The predicted molar refractivity (Wildman–Crippen MR) is 85.9 cm³/mol. The Hall–Kier alpha value is -1.88. The minimum absolute atomic E-state index is 0.00906. The molecule has 1 heterocycles. The van der Waals surface area contributed by atoms with Gasteiger partial charge in [-0.05, 0) is 50.0 Å². The smallest absolute Gasteiger partial charge is 0.321 e. The van der Waals surface area contributed by atoms with Crippen LogP contribution in [0.3, 0.4) is 0 Å². The number of hydrogen-bond donors (Lipinski definition) is 2. The van der Waals surface area contributed by atoms with E-state index in [0.717, 1.165) is 38.8 Å². The van der Waals surface area contributed by atoms with Crippen molar-refractivity contribution in [2.24, 2.45) is 0 Å². The number of piperidine rings is 1. The molecule has 1 aromatic rings. The van der Waals surface area contributed by atoms with Crippen molar-refractivity contribution in [3.05, 3.63) is 29.8 Å². The Balaban J connectivity index is 1.93. The number of carboxylic acids is 1. The molecule has 1 atom stereocenters. The van der Waals surface area contributed by atoms with Gasteiger partial charge in [0.2, 0.25) is 5.91 Å². The van der Waals surface area contributed by atoms with E-state index in [1.165, 1.54) is 5.56 Å². The summed E-state index contributed by atoms with van der Waals surface area (Å²) in [5, 5.41) is 12.2. The van der Waals surface area contributed by atoms with Crippen LogP contribution < -0.4 is 5.32 Å². The lowest BCUT2D eigenvalue weighted by atomic mass is 10.1. The Morgan fingerprint density at radius 3 is 2.36 bits per heavy atom. The summed E-state index contributed by atoms with van der Waals surface area (Å²) in [6.45, 7) is 3.59. The molecule has 1 aliphatic rings. The largest absolute Gasteiger partial charge is 0.480 e. The van der Waals surface area contributed by atoms with Crippen molar-refractivity contribution in [3.8, 4) is 0 Å². The van der Waals surface area contributed by atoms with E-state index in [2.05, 4.69) is 12.2 Å². The number of benzene rings is 1. The van der Waals surface area contributed by atoms with Crippen LogP contribution in [0.1, 0.15) is 38.2 Å². The number of hydrogen-bond acceptors (Lipinski definition) is 3. The lowest BCUT2D eigenvalue weighted by Crippen LogP contribution is -2.45. The summed E-state index contributed by atoms with van der Waals surface area (Å²) in [5.41, 5.74) is 1.92. The fourth-order valence-corrected chi connectivity index (χ4v) is 2.81. The third-order valence-electron chi connectivity index (χ3n) is 4.14. The average molecular weight is 304 g/mol. The normalized spacial score (nSPS) is 17.0. The van der Waals surface area contributed by atoms with Gasteiger partial charge in [0.25, 0.3) is 0 Å². The second-order valence-electron chi connectivity index (χ2n) is 5.75. The lowest BCUT2D eigenvalue weighted by Gasteiger charge is -2.31. The fraction of sp³-hybridized carbons (Fsp3) is 0.529. The SMILES string of the molecule is CCc1ccc(NC(=O)CC(C(=O)O)N2CCCCC2)cc1. The van der Waals surface area contributed by atoms with Gasteiger partial charge in [-0.15, -0.1) is 0 Å². The molecule has 1 fully saturated rings. The minimum Gasteiger partial charge on any atom is -0.480 e. The molecule has 1 aromatic carbocycles. The summed E-state index contributed by atoms with van der Waals surface area (Å²) in [6, 6.07) is 6.92. The van der Waals surface area contributed by atoms with Crippen LogP contribution in [-0.2, 0) is 16.0 Å². The first-order chi connectivity index (χ1) is 10.6. The standard InChI is InChI=1S/C17H24N2O3/c1-2-13-6-8-14(9-7-13)18-16(20)12-15(17(21)22)19-10-4-3-5-11-19/h6-9,15H,2-5,10-12H2,1H3,(H,18,20)(H,21,22). The Morgan fingerprint density at radius 1 is 1.18 bits per heavy atom. The summed E-state index contributed by atoms with van der Waals surface area (Å²) in [4.78, 5) is 25.5. The molecule has 0 spiro atoms. The quantitative estimate of drug-likeness (QED) is 0.847. The van der Waals surface area contributed by atoms with Crippen LogP contribution in [0.15, 0.2) is 24.3 Å². The van der Waals surface area contributed by atoms with Gasteiger partial charge in [-0.25, -0.2) is 0 Å². The van der Waals surface area contributed by atoms with Gasteiger partial charge in [0, 0.05) is 5.69 Å². The summed E-state index contributed by atoms with van der Waals surface area (Å²) in [5.74, 6) is -1.17. The summed E-state index contributed by atoms with van der Waals surface area (Å²) in [7, 11) is 0. The zero-order valence-corrected chi connectivity index (χ0v) is 13.0. The maximum absolute atomic E-state index is 12.1. The zero-order valence-electron chi connectivity index (χ0n) is 13.0. The van der Waals surface area contributed by atoms with Gasteiger partial charge in [-0.3, -0.25) is 14.5 Å². The van der Waals surface area contributed by atoms with Crippen LogP contribution in [0, 0.1) is 0 Å². The van der Waals surface area contributed by atoms with Crippen LogP contribution in [-0.4, -0.2) is 41.0 Å². The highest BCUT2D eigenvalue weighted by atomic mass is 16.4. The molecular formula is C17H24N2O3. The topological polar surface area (TPSA) is 69.6 Å². The van der Waals surface area contributed by atoms with Gasteiger partial charge >= 0.3 is 5.97 Å². The molecule has 2 rings (SSSR count). The molecule has 0 saturated carbocycles. The number of rotatable bonds is 6. The molecule has 1 unspecified atom stereocenters. The van der Waals surface area contributed by atoms with Gasteiger partial charge in [-0.2, -0.15) is 0 Å². The van der Waals surface area contributed by atoms with Gasteiger partial charge in [0.15, 0.2) is 0 Å². The monoisotopic (exact) mass is 304 g/mol. The lowest BCUT2D eigenvalue weighted by molar-refractivity contribution is -0.145. The number of aryl methyl sites for hydroxylation is 1. The van der Waals surface area contributed by atoms with E-state index in [4.69, 9.17) is 0 Å². The van der Waals surface area contributed by atoms with E-state index < -0.39 is 12.0 Å². The van der Waals surface area contributed by atoms with Crippen LogP contribution in [0.2, 0.25) is 0 Å². The minimum atomic E-state index is -0.918. The van der Waals surface area contributed by atoms with E-state index in [9.17, 15) is 14.7 Å². The number of amides is 1. The second kappa shape index (κ2) is 7.94. The molecule has 1 aliphatic heterocycles. The highest BCUT2D eigenvalue weighted by Crippen LogP contribution is 2.16. The molecule has 120 valence electrons. The first kappa shape index (κ1) is 16.5. The number of nitrogens with one attached hydrogen (secondary N) is 1. The molecule has 0 radical (unpaired) electrons. The van der Waals surface area contributed by atoms with Crippen molar-refractivity contribution in [2.75, 3.05) is 18.4 Å². The first-order valence-corrected chi connectivity index (χ1v) is 7.96. The number of likely N-dealkylation sites (tertiary alicyclic amines) is 1. The predicted octanol–water partition coefficient (Wildman–Crippen LogP) is 2.52. The van der Waals surface area contributed by atoms with Crippen molar-refractivity contribution in [2.45, 2.75) is 45.1 Å². The van der Waals surface area contributed by atoms with Gasteiger partial charge < -0.3 is 10.4 Å². The number of carbonyl (C=O) groups excluding carboxylic acids is 1. The molecule has 22 heavy (non-hydrogen) atoms. The number of carboxylic acid groups (broad SMARTS) is 1. The van der Waals surface area contributed by atoms with E-state index in [-0.39, 0.29) is 12.3 Å². The van der Waals surface area contributed by atoms with Crippen LogP contribution in [0.4, 0.5) is 5.69 Å². The van der Waals surface area contributed by atoms with Crippen molar-refractivity contribution in [3.63, 3.8) is 0 Å². The van der Waals surface area contributed by atoms with Gasteiger partial charge in [0.05, 0.1) is 6.42 Å². The Bertz CT molecular complexity index is 507. The van der Waals surface area contributed by atoms with Gasteiger partial charge in [-0.1, -0.05) is 25.5 Å². The number of nitrogens with zero attached hydrogens (tertiary/aromatic N) is 1. The van der Waals surface area contributed by atoms with Crippen LogP contribution in [0.25, 0.3) is 0 Å². The summed E-state index contributed by atoms with van der Waals surface area (Å²) in [6.07, 6.45) is 4.09. The third-order valence-corrected chi connectivity index (χ3v) is 4.14. The van der Waals surface area contributed by atoms with E-state index >= 15 is 0 Å². The van der Waals surface area contributed by atoms with Gasteiger partial charge in [0.1, 0.15) is 6.04 Å².